The van der Waals surface area contributed by atoms with E-state index in [1.807, 2.05) is 47.8 Å². The van der Waals surface area contributed by atoms with Gasteiger partial charge in [0.1, 0.15) is 46.8 Å². The van der Waals surface area contributed by atoms with E-state index in [2.05, 4.69) is 27.4 Å². The van der Waals surface area contributed by atoms with E-state index in [9.17, 15) is 48.9 Å². The van der Waals surface area contributed by atoms with Crippen molar-refractivity contribution in [2.24, 2.45) is 5.92 Å². The summed E-state index contributed by atoms with van der Waals surface area (Å²) in [6, 6.07) is 11.0. The van der Waals surface area contributed by atoms with Gasteiger partial charge in [0.15, 0.2) is 5.72 Å². The molecule has 1 unspecified atom stereocenters. The molecule has 3 aliphatic heterocycles. The van der Waals surface area contributed by atoms with Crippen molar-refractivity contribution in [3.8, 4) is 5.75 Å². The van der Waals surface area contributed by atoms with Crippen LogP contribution in [0.5, 0.6) is 5.75 Å². The Morgan fingerprint density at radius 1 is 1.06 bits per heavy atom. The van der Waals surface area contributed by atoms with E-state index < -0.39 is 102 Å². The first kappa shape index (κ1) is 61.6. The molecule has 79 heavy (non-hydrogen) atoms. The number of amides is 5. The Kier molecular flexibility index (Phi) is 21.1. The summed E-state index contributed by atoms with van der Waals surface area (Å²) in [5.41, 5.74) is 3.37. The fourth-order valence-electron chi connectivity index (χ4n) is 9.76. The standard InChI is InChI=1S/C55H75ClN8O15/c1-32-13-12-16-43(65)55(74)30-42(77-53(73)60-55)33(2)50-54(4,79-50)44(29-47(68)63(8)40-26-35(25-32)27-41(75-9)49(40)56)78-52(72)34(3)62(7)46(67)20-23-76-24-21-58-51(71)38(17-18-48(69)70)59-45(66)19-22-64-37(31-61(6)57-5)28-36-14-10-11-15-39(36)64/h10-16,26-28,33-34,38,42-44,50,57,65,74H,17-25,29-31H2,1-9H3,(H,58,71)(H,59,66)(H,60,73)(H,69,70)/b16-12+,32-13+/t33-,34+,38+,42+,43-,44+,50?,54+,55+/m1/s1. The number of rotatable bonds is 21. The highest BCUT2D eigenvalue weighted by atomic mass is 35.5. The highest BCUT2D eigenvalue weighted by Crippen LogP contribution is 2.49. The van der Waals surface area contributed by atoms with Crippen molar-refractivity contribution in [2.75, 3.05) is 60.0 Å². The molecule has 0 radical (unpaired) electrons. The largest absolute Gasteiger partial charge is 0.495 e. The Hall–Kier alpha value is -6.60. The molecule has 2 fully saturated rings. The lowest BCUT2D eigenvalue weighted by Crippen LogP contribution is -2.63. The molecule has 1 aromatic heterocycles. The van der Waals surface area contributed by atoms with Crippen LogP contribution >= 0.6 is 11.6 Å². The van der Waals surface area contributed by atoms with Gasteiger partial charge >= 0.3 is 18.0 Å². The average molecular weight is 1120 g/mol. The smallest absolute Gasteiger partial charge is 0.409 e. The molecule has 432 valence electrons. The Labute approximate surface area is 464 Å². The molecular weight excluding hydrogens is 1050 g/mol. The SMILES string of the molecule is CNN(C)Cc1cc2ccccc2n1CCC(=O)N[C@@H](CCC(=O)O)C(=O)NCCOCCC(=O)N(C)[C@@H](C)C(=O)O[C@H]1CC(=O)N(C)c2cc(cc(OC)c2Cl)C/C(C)=C/C=C/[C@@H](O)[C@@]2(O)C[C@H](OC(=O)N2)[C@@H](C)C2O[C@]21C. The number of aliphatic hydroxyl groups is 2. The van der Waals surface area contributed by atoms with Crippen LogP contribution in [-0.4, -0.2) is 174 Å². The van der Waals surface area contributed by atoms with Gasteiger partial charge in [-0.3, -0.25) is 34.7 Å². The average Bonchev–Trinajstić information content (AvgIpc) is 4.07. The number of para-hydroxylation sites is 1. The number of nitrogens with one attached hydrogen (secondary N) is 4. The number of likely N-dealkylation sites (N-methyl/N-ethyl adjacent to an activating group) is 1. The van der Waals surface area contributed by atoms with Crippen molar-refractivity contribution in [1.29, 1.82) is 0 Å². The number of anilines is 1. The summed E-state index contributed by atoms with van der Waals surface area (Å²) in [6.07, 6.45) is -1.93. The highest BCUT2D eigenvalue weighted by Gasteiger charge is 2.64. The van der Waals surface area contributed by atoms with Crippen LogP contribution in [-0.2, 0) is 67.2 Å². The van der Waals surface area contributed by atoms with E-state index in [0.29, 0.717) is 30.9 Å². The number of benzene rings is 2. The number of aliphatic hydroxyl groups excluding tert-OH is 1. The molecule has 4 bridgehead atoms. The van der Waals surface area contributed by atoms with E-state index >= 15 is 0 Å². The number of aryl methyl sites for hydroxylation is 1. The molecule has 3 aromatic rings. The van der Waals surface area contributed by atoms with Crippen molar-refractivity contribution < 1.29 is 72.6 Å². The second-order valence-corrected chi connectivity index (χ2v) is 21.0. The van der Waals surface area contributed by atoms with Crippen LogP contribution in [0.15, 0.2) is 66.3 Å². The number of nitrogens with zero attached hydrogens (tertiary/aromatic N) is 4. The lowest BCUT2D eigenvalue weighted by Gasteiger charge is -2.41. The molecule has 2 saturated heterocycles. The summed E-state index contributed by atoms with van der Waals surface area (Å²) in [7, 11) is 8.07. The van der Waals surface area contributed by atoms with Gasteiger partial charge in [0, 0.05) is 70.6 Å². The third-order valence-electron chi connectivity index (χ3n) is 14.8. The summed E-state index contributed by atoms with van der Waals surface area (Å²) in [6.45, 7) is 7.35. The van der Waals surface area contributed by atoms with Gasteiger partial charge in [0.25, 0.3) is 0 Å². The van der Waals surface area contributed by atoms with Crippen LogP contribution in [0.25, 0.3) is 10.9 Å². The Balaban J connectivity index is 1.06. The third-order valence-corrected chi connectivity index (χ3v) is 15.2. The van der Waals surface area contributed by atoms with Gasteiger partial charge < -0.3 is 64.0 Å². The molecule has 3 aliphatic rings. The molecule has 0 spiro atoms. The maximum absolute atomic E-state index is 14.3. The summed E-state index contributed by atoms with van der Waals surface area (Å²) >= 11 is 6.79. The van der Waals surface area contributed by atoms with E-state index in [4.69, 9.17) is 35.3 Å². The maximum Gasteiger partial charge on any atom is 0.409 e. The van der Waals surface area contributed by atoms with Gasteiger partial charge in [-0.15, -0.1) is 0 Å². The first-order chi connectivity index (χ1) is 37.4. The van der Waals surface area contributed by atoms with Crippen molar-refractivity contribution >= 4 is 69.9 Å². The predicted molar refractivity (Wildman–Crippen MR) is 290 cm³/mol. The molecular formula is C55H75ClN8O15. The summed E-state index contributed by atoms with van der Waals surface area (Å²) in [5, 5.41) is 42.8. The second-order valence-electron chi connectivity index (χ2n) is 20.6. The number of carbonyl (C=O) groups is 7. The van der Waals surface area contributed by atoms with Gasteiger partial charge in [-0.2, -0.15) is 0 Å². The van der Waals surface area contributed by atoms with Crippen LogP contribution < -0.4 is 31.0 Å². The number of hydrogen-bond acceptors (Lipinski definition) is 16. The molecule has 7 N–H and O–H groups in total. The maximum atomic E-state index is 14.3. The number of carboxylic acids is 1. The van der Waals surface area contributed by atoms with Crippen LogP contribution in [0.1, 0.15) is 77.5 Å². The number of halogens is 1. The fourth-order valence-corrected chi connectivity index (χ4v) is 10.1. The number of alkyl carbamates (subject to hydrolysis) is 1. The number of aromatic nitrogens is 1. The number of ether oxygens (including phenoxy) is 5. The molecule has 4 heterocycles. The summed E-state index contributed by atoms with van der Waals surface area (Å²) < 4.78 is 31.2. The number of aliphatic carboxylic acids is 1. The molecule has 2 aromatic carbocycles. The second kappa shape index (κ2) is 27.0. The van der Waals surface area contributed by atoms with E-state index in [-0.39, 0.29) is 56.9 Å². The van der Waals surface area contributed by atoms with Crippen LogP contribution in [0.3, 0.4) is 0 Å². The number of carboxylic acid groups (broad SMARTS) is 1. The van der Waals surface area contributed by atoms with Gasteiger partial charge in [-0.25, -0.2) is 14.6 Å². The molecule has 0 aliphatic carbocycles. The van der Waals surface area contributed by atoms with Gasteiger partial charge in [0.2, 0.25) is 23.6 Å². The zero-order valence-corrected chi connectivity index (χ0v) is 47.0. The normalized spacial score (nSPS) is 25.2. The van der Waals surface area contributed by atoms with E-state index in [1.165, 1.54) is 44.0 Å². The number of allylic oxidation sites excluding steroid dienone is 3. The van der Waals surface area contributed by atoms with Crippen LogP contribution in [0.2, 0.25) is 5.02 Å². The number of hydrogen-bond donors (Lipinski definition) is 7. The zero-order valence-electron chi connectivity index (χ0n) is 46.2. The number of methoxy groups -OCH3 is 1. The molecule has 23 nitrogen and oxygen atoms in total. The Morgan fingerprint density at radius 2 is 1.80 bits per heavy atom. The molecule has 0 saturated carbocycles. The highest BCUT2D eigenvalue weighted by molar-refractivity contribution is 6.35. The third kappa shape index (κ3) is 15.6. The molecule has 5 amide bonds. The van der Waals surface area contributed by atoms with Crippen molar-refractivity contribution in [2.45, 2.75) is 134 Å². The van der Waals surface area contributed by atoms with Gasteiger partial charge in [-0.05, 0) is 75.9 Å². The van der Waals surface area contributed by atoms with Crippen LogP contribution in [0, 0.1) is 5.92 Å². The minimum atomic E-state index is -2.12. The van der Waals surface area contributed by atoms with Gasteiger partial charge in [0.05, 0.1) is 51.5 Å². The molecule has 9 atom stereocenters. The van der Waals surface area contributed by atoms with Crippen molar-refractivity contribution in [1.82, 2.24) is 35.9 Å². The lowest BCUT2D eigenvalue weighted by atomic mass is 9.83. The summed E-state index contributed by atoms with van der Waals surface area (Å²) in [5.74, 6) is -4.43. The Morgan fingerprint density at radius 3 is 2.51 bits per heavy atom. The minimum absolute atomic E-state index is 0.0232. The lowest BCUT2D eigenvalue weighted by molar-refractivity contribution is -0.162. The zero-order chi connectivity index (χ0) is 57.9. The minimum Gasteiger partial charge on any atom is -0.495 e. The van der Waals surface area contributed by atoms with E-state index in [1.54, 1.807) is 45.2 Å². The van der Waals surface area contributed by atoms with Crippen molar-refractivity contribution in [3.05, 3.63) is 82.5 Å². The van der Waals surface area contributed by atoms with Gasteiger partial charge in [-0.1, -0.05) is 60.5 Å². The number of esters is 1. The first-order valence-corrected chi connectivity index (χ1v) is 26.6. The molecule has 24 heteroatoms. The fraction of sp³-hybridized carbons (Fsp3) is 0.545. The monoisotopic (exact) mass is 1120 g/mol. The topological polar surface area (TPSA) is 292 Å². The number of hydrazine groups is 1. The number of carbonyl (C=O) groups excluding carboxylic acids is 6. The Bertz CT molecular complexity index is 2790. The number of epoxide rings is 1. The first-order valence-electron chi connectivity index (χ1n) is 26.2. The summed E-state index contributed by atoms with van der Waals surface area (Å²) in [4.78, 5) is 95.2. The quantitative estimate of drug-likeness (QED) is 0.0348. The van der Waals surface area contributed by atoms with Crippen molar-refractivity contribution in [3.63, 3.8) is 0 Å². The predicted octanol–water partition coefficient (Wildman–Crippen LogP) is 3.34. The molecule has 6 rings (SSSR count). The van der Waals surface area contributed by atoms with E-state index in [0.717, 1.165) is 27.7 Å². The van der Waals surface area contributed by atoms with Crippen LogP contribution in [0.4, 0.5) is 10.5 Å². The number of fused-ring (bicyclic) bond motifs is 6.